The van der Waals surface area contributed by atoms with Gasteiger partial charge in [-0.15, -0.1) is 0 Å². The molecule has 5 aliphatic rings. The van der Waals surface area contributed by atoms with E-state index in [-0.39, 0.29) is 56.3 Å². The molecule has 0 aromatic heterocycles. The number of nitrogens with one attached hydrogen (secondary N) is 1. The lowest BCUT2D eigenvalue weighted by Crippen LogP contribution is -2.67. The fourth-order valence-corrected chi connectivity index (χ4v) is 13.2. The maximum Gasteiger partial charge on any atom is 0.169 e. The van der Waals surface area contributed by atoms with Gasteiger partial charge >= 0.3 is 0 Å². The van der Waals surface area contributed by atoms with Crippen LogP contribution in [-0.4, -0.2) is 61.9 Å². The molecule has 0 saturated heterocycles. The molecule has 9 nitrogen and oxygen atoms in total. The van der Waals surface area contributed by atoms with E-state index in [1.54, 1.807) is 18.2 Å². The highest BCUT2D eigenvalue weighted by Gasteiger charge is 2.70. The lowest BCUT2D eigenvalue weighted by molar-refractivity contribution is -0.142. The topological polar surface area (TPSA) is 158 Å². The van der Waals surface area contributed by atoms with Gasteiger partial charge in [-0.25, -0.2) is 0 Å². The number of unbranched alkanes of at least 4 members (excludes halogenated alkanes) is 2. The van der Waals surface area contributed by atoms with Crippen LogP contribution in [0.1, 0.15) is 117 Å². The highest BCUT2D eigenvalue weighted by Crippen LogP contribution is 2.72. The molecule has 7 N–H and O–H groups in total. The van der Waals surface area contributed by atoms with Gasteiger partial charge in [0.15, 0.2) is 23.0 Å². The summed E-state index contributed by atoms with van der Waals surface area (Å²) >= 11 is 0. The van der Waals surface area contributed by atoms with E-state index in [9.17, 15) is 30.6 Å². The highest BCUT2D eigenvalue weighted by atomic mass is 16.3. The molecule has 4 aromatic carbocycles. The molecule has 2 spiro atoms. The number of nitrogens with zero attached hydrogens (tertiary/aromatic N) is 2. The molecule has 326 valence electrons. The maximum absolute atomic E-state index is 12.2. The molecular formula is C53H63N3O6. The summed E-state index contributed by atoms with van der Waals surface area (Å²) in [5.41, 5.74) is 6.54. The summed E-state index contributed by atoms with van der Waals surface area (Å²) in [5.74, 6) is -0.599. The van der Waals surface area contributed by atoms with E-state index >= 15 is 0 Å². The van der Waals surface area contributed by atoms with Crippen LogP contribution in [0, 0.1) is 28.1 Å². The van der Waals surface area contributed by atoms with Gasteiger partial charge in [-0.3, -0.25) is 9.98 Å². The Bertz CT molecular complexity index is 2450. The van der Waals surface area contributed by atoms with Crippen molar-refractivity contribution in [2.75, 3.05) is 13.2 Å². The van der Waals surface area contributed by atoms with Crippen molar-refractivity contribution in [1.29, 1.82) is 0 Å². The molecule has 1 heterocycles. The summed E-state index contributed by atoms with van der Waals surface area (Å²) in [6.07, 6.45) is 25.8. The normalized spacial score (nSPS) is 26.2. The van der Waals surface area contributed by atoms with Gasteiger partial charge in [0.25, 0.3) is 0 Å². The van der Waals surface area contributed by atoms with Gasteiger partial charge in [0.05, 0.1) is 17.2 Å². The third-order valence-electron chi connectivity index (χ3n) is 16.0. The Morgan fingerprint density at radius 1 is 0.774 bits per heavy atom. The lowest BCUT2D eigenvalue weighted by atomic mass is 9.39. The van der Waals surface area contributed by atoms with Gasteiger partial charge in [-0.2, -0.15) is 0 Å². The van der Waals surface area contributed by atoms with Gasteiger partial charge in [0.1, 0.15) is 12.4 Å². The number of allylic oxidation sites excluding steroid dienone is 1. The molecule has 9 rings (SSSR count). The minimum Gasteiger partial charge on any atom is -0.507 e. The number of phenols is 5. The first kappa shape index (κ1) is 42.2. The number of fused-ring (bicyclic) bond motifs is 1. The van der Waals surface area contributed by atoms with Crippen molar-refractivity contribution < 1.29 is 30.6 Å². The quantitative estimate of drug-likeness (QED) is 0.0288. The number of phenolic OH excluding ortho intramolecular Hbond substituents is 5. The van der Waals surface area contributed by atoms with Crippen molar-refractivity contribution in [2.24, 2.45) is 38.1 Å². The van der Waals surface area contributed by atoms with E-state index in [4.69, 9.17) is 9.98 Å². The van der Waals surface area contributed by atoms with Crippen molar-refractivity contribution in [3.05, 3.63) is 100 Å². The number of aryl methyl sites for hydroxylation is 2. The predicted octanol–water partition coefficient (Wildman–Crippen LogP) is 10.3. The number of rotatable bonds is 14. The fourth-order valence-electron chi connectivity index (χ4n) is 13.2. The standard InChI is InChI=1S/C53H63N3O6/c1-2-3-4-9-36-28-34(15-20-41-39(19-14-35-16-21-42(57)45(60)29-35)40-11-7-12-43(58)47(40)49(62)48(41)61)13-17-37(36)30-54-32-53(46-31-55-33-56-46)50-44(59)22-18-38-10-8-25-52(38,50)27-26-51(53)23-5-6-24-51/h7,11-14,16-19,21-22,28-29,31,38,44,50,54,57-62H,2-6,8-10,15,20,23-27,30,32-33H2,1H3. The number of hydrogen-bond donors (Lipinski definition) is 7. The average Bonchev–Trinajstić information content (AvgIpc) is 4.07. The Morgan fingerprint density at radius 2 is 1.63 bits per heavy atom. The number of benzene rings is 4. The second kappa shape index (κ2) is 17.2. The number of aliphatic hydroxyl groups is 1. The highest BCUT2D eigenvalue weighted by molar-refractivity contribution is 6.34. The zero-order valence-corrected chi connectivity index (χ0v) is 36.1. The molecule has 4 aliphatic carbocycles. The predicted molar refractivity (Wildman–Crippen MR) is 248 cm³/mol. The van der Waals surface area contributed by atoms with E-state index in [1.807, 2.05) is 12.1 Å². The van der Waals surface area contributed by atoms with Crippen LogP contribution in [0.4, 0.5) is 0 Å². The number of hydrogen-bond acceptors (Lipinski definition) is 9. The molecule has 5 unspecified atom stereocenters. The van der Waals surface area contributed by atoms with Crippen molar-refractivity contribution in [2.45, 2.75) is 116 Å². The average molecular weight is 838 g/mol. The van der Waals surface area contributed by atoms with Crippen molar-refractivity contribution in [1.82, 2.24) is 5.32 Å². The van der Waals surface area contributed by atoms with Crippen LogP contribution >= 0.6 is 0 Å². The maximum atomic E-state index is 12.2. The number of aliphatic imine (C=N–C) groups is 2. The summed E-state index contributed by atoms with van der Waals surface area (Å²) in [7, 11) is 0. The van der Waals surface area contributed by atoms with Crippen LogP contribution in [0.3, 0.4) is 0 Å². The zero-order valence-electron chi connectivity index (χ0n) is 36.1. The van der Waals surface area contributed by atoms with Gasteiger partial charge in [0, 0.05) is 36.2 Å². The van der Waals surface area contributed by atoms with Crippen molar-refractivity contribution >= 4 is 34.9 Å². The molecule has 4 aromatic rings. The van der Waals surface area contributed by atoms with Crippen LogP contribution in [0.15, 0.2) is 76.7 Å². The second-order valence-corrected chi connectivity index (χ2v) is 19.1. The van der Waals surface area contributed by atoms with Gasteiger partial charge < -0.3 is 36.0 Å². The molecule has 62 heavy (non-hydrogen) atoms. The van der Waals surface area contributed by atoms with Gasteiger partial charge in [-0.05, 0) is 132 Å². The molecule has 3 saturated carbocycles. The summed E-state index contributed by atoms with van der Waals surface area (Å²) in [6, 6.07) is 16.3. The molecule has 0 amide bonds. The first-order chi connectivity index (χ1) is 30.1. The van der Waals surface area contributed by atoms with Crippen LogP contribution in [-0.2, 0) is 25.8 Å². The fraction of sp³-hybridized carbons (Fsp3) is 0.472. The summed E-state index contributed by atoms with van der Waals surface area (Å²) in [6.45, 7) is 4.18. The summed E-state index contributed by atoms with van der Waals surface area (Å²) in [5, 5.41) is 70.5. The minimum absolute atomic E-state index is 0.0829. The SMILES string of the molecule is CCCCCc1cc(CCc2c(O)c(O)c3c(O)cccc3c2C=Cc2ccc(O)c(O)c2)ccc1CNCC1(C2=NCN=C2)C2C(O)C=CC3CCCC32CCC12CCCC2. The van der Waals surface area contributed by atoms with Gasteiger partial charge in [-0.1, -0.05) is 99.7 Å². The monoisotopic (exact) mass is 837 g/mol. The molecule has 9 heteroatoms. The van der Waals surface area contributed by atoms with E-state index < -0.39 is 6.10 Å². The first-order valence-corrected chi connectivity index (χ1v) is 23.2. The Kier molecular flexibility index (Phi) is 11.7. The minimum atomic E-state index is -0.503. The van der Waals surface area contributed by atoms with E-state index in [2.05, 4.69) is 48.8 Å². The first-order valence-electron chi connectivity index (χ1n) is 23.2. The van der Waals surface area contributed by atoms with Crippen LogP contribution in [0.5, 0.6) is 28.7 Å². The largest absolute Gasteiger partial charge is 0.507 e. The smallest absolute Gasteiger partial charge is 0.169 e. The van der Waals surface area contributed by atoms with Crippen LogP contribution in [0.25, 0.3) is 22.9 Å². The zero-order chi connectivity index (χ0) is 43.1. The molecule has 5 atom stereocenters. The number of aromatic hydroxyl groups is 5. The van der Waals surface area contributed by atoms with Crippen molar-refractivity contribution in [3.63, 3.8) is 0 Å². The van der Waals surface area contributed by atoms with E-state index in [0.717, 1.165) is 43.5 Å². The Morgan fingerprint density at radius 3 is 2.42 bits per heavy atom. The summed E-state index contributed by atoms with van der Waals surface area (Å²) in [4.78, 5) is 9.86. The second-order valence-electron chi connectivity index (χ2n) is 19.1. The van der Waals surface area contributed by atoms with E-state index in [0.29, 0.717) is 54.0 Å². The third-order valence-corrected chi connectivity index (χ3v) is 16.0. The third kappa shape index (κ3) is 7.19. The Balaban J connectivity index is 1.02. The lowest BCUT2D eigenvalue weighted by Gasteiger charge is -2.65. The molecule has 0 radical (unpaired) electrons. The van der Waals surface area contributed by atoms with Crippen LogP contribution < -0.4 is 5.32 Å². The Hall–Kier alpha value is -5.12. The van der Waals surface area contributed by atoms with Crippen LogP contribution in [0.2, 0.25) is 0 Å². The molecule has 1 aliphatic heterocycles. The molecule has 3 fully saturated rings. The Labute approximate surface area is 365 Å². The number of aliphatic hydroxyl groups excluding tert-OH is 1. The van der Waals surface area contributed by atoms with E-state index in [1.165, 1.54) is 87.1 Å². The van der Waals surface area contributed by atoms with Crippen molar-refractivity contribution in [3.8, 4) is 28.7 Å². The summed E-state index contributed by atoms with van der Waals surface area (Å²) < 4.78 is 0. The van der Waals surface area contributed by atoms with Gasteiger partial charge in [0.2, 0.25) is 0 Å². The molecule has 0 bridgehead atoms. The molecular weight excluding hydrogens is 775 g/mol.